The van der Waals surface area contributed by atoms with E-state index in [9.17, 15) is 4.79 Å². The summed E-state index contributed by atoms with van der Waals surface area (Å²) in [5.74, 6) is -0.0797. The number of unbranched alkanes of at least 4 members (excludes halogenated alkanes) is 6. The molecule has 0 heterocycles. The van der Waals surface area contributed by atoms with Crippen molar-refractivity contribution in [3.8, 4) is 0 Å². The summed E-state index contributed by atoms with van der Waals surface area (Å²) in [6.45, 7) is 6.49. The highest BCUT2D eigenvalue weighted by atomic mass is 16.5. The van der Waals surface area contributed by atoms with Gasteiger partial charge in [0.25, 0.3) is 0 Å². The maximum Gasteiger partial charge on any atom is 0.307 e. The predicted octanol–water partition coefficient (Wildman–Crippen LogP) is 3.62. The zero-order valence-corrected chi connectivity index (χ0v) is 12.5. The number of nitrogens with zero attached hydrogens (tertiary/aromatic N) is 1. The fraction of sp³-hybridized carbons (Fsp3) is 0.933. The van der Waals surface area contributed by atoms with Gasteiger partial charge in [0.15, 0.2) is 0 Å². The molecule has 0 spiro atoms. The van der Waals surface area contributed by atoms with Crippen LogP contribution in [0, 0.1) is 0 Å². The van der Waals surface area contributed by atoms with E-state index in [1.165, 1.54) is 44.9 Å². The lowest BCUT2D eigenvalue weighted by molar-refractivity contribution is -0.143. The molecule has 0 aliphatic carbocycles. The first kappa shape index (κ1) is 17.4. The number of esters is 1. The van der Waals surface area contributed by atoms with E-state index >= 15 is 0 Å². The Morgan fingerprint density at radius 1 is 0.944 bits per heavy atom. The van der Waals surface area contributed by atoms with E-state index in [2.05, 4.69) is 18.9 Å². The van der Waals surface area contributed by atoms with Gasteiger partial charge in [0, 0.05) is 6.54 Å². The van der Waals surface area contributed by atoms with Gasteiger partial charge >= 0.3 is 5.97 Å². The smallest absolute Gasteiger partial charge is 0.307 e. The minimum atomic E-state index is -0.0797. The average Bonchev–Trinajstić information content (AvgIpc) is 2.35. The molecule has 0 atom stereocenters. The van der Waals surface area contributed by atoms with Gasteiger partial charge in [-0.15, -0.1) is 0 Å². The first-order valence-corrected chi connectivity index (χ1v) is 7.54. The zero-order chi connectivity index (χ0) is 13.6. The monoisotopic (exact) mass is 257 g/mol. The first-order valence-electron chi connectivity index (χ1n) is 7.54. The Bertz CT molecular complexity index is 195. The number of hydrogen-bond donors (Lipinski definition) is 0. The van der Waals surface area contributed by atoms with Crippen LogP contribution in [0.25, 0.3) is 0 Å². The van der Waals surface area contributed by atoms with Gasteiger partial charge in [-0.1, -0.05) is 45.4 Å². The Morgan fingerprint density at radius 3 is 2.17 bits per heavy atom. The fourth-order valence-electron chi connectivity index (χ4n) is 1.97. The highest BCUT2D eigenvalue weighted by molar-refractivity contribution is 5.69. The lowest BCUT2D eigenvalue weighted by Gasteiger charge is -2.15. The third-order valence-electron chi connectivity index (χ3n) is 3.15. The van der Waals surface area contributed by atoms with Crippen LogP contribution in [0.15, 0.2) is 0 Å². The van der Waals surface area contributed by atoms with Crippen LogP contribution in [0.2, 0.25) is 0 Å². The number of carbonyl (C=O) groups excluding carboxylic acids is 1. The Labute approximate surface area is 113 Å². The molecule has 0 rings (SSSR count). The van der Waals surface area contributed by atoms with Crippen LogP contribution in [-0.4, -0.2) is 37.6 Å². The highest BCUT2D eigenvalue weighted by Crippen LogP contribution is 2.07. The van der Waals surface area contributed by atoms with Crippen molar-refractivity contribution >= 4 is 5.97 Å². The Hall–Kier alpha value is -0.570. The summed E-state index contributed by atoms with van der Waals surface area (Å²) in [6, 6.07) is 0. The van der Waals surface area contributed by atoms with Crippen LogP contribution in [0.1, 0.15) is 65.2 Å². The number of ether oxygens (including phenoxy) is 1. The van der Waals surface area contributed by atoms with Crippen molar-refractivity contribution in [3.63, 3.8) is 0 Å². The standard InChI is InChI=1S/C15H31NO2/c1-4-6-7-8-9-10-11-13-16(3)14-12-15(17)18-5-2/h4-14H2,1-3H3. The van der Waals surface area contributed by atoms with Crippen molar-refractivity contribution in [1.29, 1.82) is 0 Å². The Kier molecular flexibility index (Phi) is 12.5. The normalized spacial score (nSPS) is 10.9. The van der Waals surface area contributed by atoms with Crippen LogP contribution in [-0.2, 0) is 9.53 Å². The second-order valence-electron chi connectivity index (χ2n) is 4.98. The van der Waals surface area contributed by atoms with Crippen molar-refractivity contribution in [3.05, 3.63) is 0 Å². The summed E-state index contributed by atoms with van der Waals surface area (Å²) in [7, 11) is 2.08. The number of rotatable bonds is 12. The van der Waals surface area contributed by atoms with Gasteiger partial charge in [-0.3, -0.25) is 4.79 Å². The van der Waals surface area contributed by atoms with E-state index in [1.54, 1.807) is 0 Å². The molecule has 0 amide bonds. The summed E-state index contributed by atoms with van der Waals surface area (Å²) in [5, 5.41) is 0. The highest BCUT2D eigenvalue weighted by Gasteiger charge is 2.04. The van der Waals surface area contributed by atoms with Crippen LogP contribution in [0.3, 0.4) is 0 Å². The van der Waals surface area contributed by atoms with E-state index in [-0.39, 0.29) is 5.97 Å². The van der Waals surface area contributed by atoms with E-state index in [0.717, 1.165) is 13.1 Å². The molecule has 0 aliphatic rings. The second kappa shape index (κ2) is 12.9. The average molecular weight is 257 g/mol. The van der Waals surface area contributed by atoms with Crippen molar-refractivity contribution in [2.45, 2.75) is 65.2 Å². The molecule has 0 aromatic carbocycles. The lowest BCUT2D eigenvalue weighted by Crippen LogP contribution is -2.23. The molecule has 3 nitrogen and oxygen atoms in total. The molecule has 0 aromatic heterocycles. The van der Waals surface area contributed by atoms with E-state index in [4.69, 9.17) is 4.74 Å². The molecule has 0 unspecified atom stereocenters. The fourth-order valence-corrected chi connectivity index (χ4v) is 1.97. The van der Waals surface area contributed by atoms with Gasteiger partial charge in [-0.25, -0.2) is 0 Å². The minimum absolute atomic E-state index is 0.0797. The molecule has 0 radical (unpaired) electrons. The van der Waals surface area contributed by atoms with Crippen molar-refractivity contribution in [2.24, 2.45) is 0 Å². The summed E-state index contributed by atoms with van der Waals surface area (Å²) in [5.41, 5.74) is 0. The molecule has 0 fully saturated rings. The second-order valence-corrected chi connectivity index (χ2v) is 4.98. The molecule has 0 N–H and O–H groups in total. The van der Waals surface area contributed by atoms with E-state index in [0.29, 0.717) is 13.0 Å². The molecule has 0 saturated heterocycles. The molecular formula is C15H31NO2. The van der Waals surface area contributed by atoms with Crippen LogP contribution < -0.4 is 0 Å². The third kappa shape index (κ3) is 11.9. The molecule has 0 saturated carbocycles. The summed E-state index contributed by atoms with van der Waals surface area (Å²) >= 11 is 0. The van der Waals surface area contributed by atoms with Gasteiger partial charge in [-0.05, 0) is 26.9 Å². The molecule has 0 aliphatic heterocycles. The van der Waals surface area contributed by atoms with Crippen LogP contribution in [0.5, 0.6) is 0 Å². The van der Waals surface area contributed by atoms with Crippen molar-refractivity contribution in [2.75, 3.05) is 26.7 Å². The largest absolute Gasteiger partial charge is 0.466 e. The Morgan fingerprint density at radius 2 is 1.56 bits per heavy atom. The summed E-state index contributed by atoms with van der Waals surface area (Å²) < 4.78 is 4.91. The van der Waals surface area contributed by atoms with Gasteiger partial charge in [0.2, 0.25) is 0 Å². The van der Waals surface area contributed by atoms with Crippen LogP contribution >= 0.6 is 0 Å². The van der Waals surface area contributed by atoms with Gasteiger partial charge in [0.05, 0.1) is 13.0 Å². The van der Waals surface area contributed by atoms with Gasteiger partial charge in [0.1, 0.15) is 0 Å². The molecule has 108 valence electrons. The van der Waals surface area contributed by atoms with Crippen molar-refractivity contribution in [1.82, 2.24) is 4.90 Å². The lowest BCUT2D eigenvalue weighted by atomic mass is 10.1. The maximum atomic E-state index is 11.2. The molecule has 18 heavy (non-hydrogen) atoms. The van der Waals surface area contributed by atoms with E-state index < -0.39 is 0 Å². The first-order chi connectivity index (χ1) is 8.70. The minimum Gasteiger partial charge on any atom is -0.466 e. The molecule has 0 bridgehead atoms. The molecular weight excluding hydrogens is 226 g/mol. The van der Waals surface area contributed by atoms with E-state index in [1.807, 2.05) is 6.92 Å². The molecule has 0 aromatic rings. The summed E-state index contributed by atoms with van der Waals surface area (Å²) in [6.07, 6.45) is 9.87. The van der Waals surface area contributed by atoms with Crippen molar-refractivity contribution < 1.29 is 9.53 Å². The topological polar surface area (TPSA) is 29.5 Å². The number of hydrogen-bond acceptors (Lipinski definition) is 3. The van der Waals surface area contributed by atoms with Gasteiger partial charge in [-0.2, -0.15) is 0 Å². The van der Waals surface area contributed by atoms with Gasteiger partial charge < -0.3 is 9.64 Å². The third-order valence-corrected chi connectivity index (χ3v) is 3.15. The number of carbonyl (C=O) groups is 1. The SMILES string of the molecule is CCCCCCCCCN(C)CCC(=O)OCC. The Balaban J connectivity index is 3.26. The quantitative estimate of drug-likeness (QED) is 0.395. The predicted molar refractivity (Wildman–Crippen MR) is 76.7 cm³/mol. The van der Waals surface area contributed by atoms with Crippen LogP contribution in [0.4, 0.5) is 0 Å². The zero-order valence-electron chi connectivity index (χ0n) is 12.5. The maximum absolute atomic E-state index is 11.2. The summed E-state index contributed by atoms with van der Waals surface area (Å²) in [4.78, 5) is 13.4. The molecule has 3 heteroatoms.